The molecule has 8 nitrogen and oxygen atoms in total. The lowest BCUT2D eigenvalue weighted by molar-refractivity contribution is -0.384. The Kier molecular flexibility index (Phi) is 4.43. The molecule has 0 N–H and O–H groups in total. The van der Waals surface area contributed by atoms with Crippen LogP contribution in [0.2, 0.25) is 5.02 Å². The quantitative estimate of drug-likeness (QED) is 0.606. The third-order valence-corrected chi connectivity index (χ3v) is 5.11. The van der Waals surface area contributed by atoms with Gasteiger partial charge >= 0.3 is 0 Å². The van der Waals surface area contributed by atoms with Crippen molar-refractivity contribution in [1.29, 1.82) is 5.26 Å². The fourth-order valence-corrected chi connectivity index (χ4v) is 3.50. The number of hydrogen-bond donors (Lipinski definition) is 0. The van der Waals surface area contributed by atoms with E-state index in [9.17, 15) is 18.5 Å². The summed E-state index contributed by atoms with van der Waals surface area (Å²) in [7, 11) is -3.94. The van der Waals surface area contributed by atoms with E-state index in [1.807, 2.05) is 6.07 Å². The molecule has 0 spiro atoms. The average molecular weight is 332 g/mol. The van der Waals surface area contributed by atoms with Gasteiger partial charge in [-0.05, 0) is 12.1 Å². The molecule has 0 saturated carbocycles. The van der Waals surface area contributed by atoms with Crippen molar-refractivity contribution in [2.45, 2.75) is 11.0 Å². The van der Waals surface area contributed by atoms with Crippen molar-refractivity contribution in [2.75, 3.05) is 19.7 Å². The van der Waals surface area contributed by atoms with Gasteiger partial charge in [0, 0.05) is 12.6 Å². The molecule has 0 radical (unpaired) electrons. The minimum absolute atomic E-state index is 0.0803. The summed E-state index contributed by atoms with van der Waals surface area (Å²) >= 11 is 5.66. The van der Waals surface area contributed by atoms with Gasteiger partial charge in [-0.2, -0.15) is 9.57 Å². The van der Waals surface area contributed by atoms with E-state index in [4.69, 9.17) is 21.6 Å². The van der Waals surface area contributed by atoms with Gasteiger partial charge in [0.1, 0.15) is 5.02 Å². The highest BCUT2D eigenvalue weighted by Crippen LogP contribution is 2.29. The van der Waals surface area contributed by atoms with E-state index in [0.717, 1.165) is 16.4 Å². The van der Waals surface area contributed by atoms with Crippen LogP contribution in [0.5, 0.6) is 0 Å². The number of ether oxygens (including phenoxy) is 1. The van der Waals surface area contributed by atoms with E-state index in [1.165, 1.54) is 6.07 Å². The highest BCUT2D eigenvalue weighted by molar-refractivity contribution is 7.89. The average Bonchev–Trinajstić information content (AvgIpc) is 2.47. The Bertz CT molecular complexity index is 715. The third-order valence-electron chi connectivity index (χ3n) is 2.93. The second kappa shape index (κ2) is 5.95. The standard InChI is InChI=1S/C11H10ClN3O5S/c12-10-2-1-9(5-11(10)15(16)17)21(18,19)14-3-4-20-8(6-13)7-14/h1-2,5,8H,3-4,7H2. The first-order chi connectivity index (χ1) is 9.86. The number of nitro benzene ring substituents is 1. The molecule has 0 amide bonds. The smallest absolute Gasteiger partial charge is 0.289 e. The Hall–Kier alpha value is -1.73. The highest BCUT2D eigenvalue weighted by Gasteiger charge is 2.32. The molecule has 1 aromatic carbocycles. The summed E-state index contributed by atoms with van der Waals surface area (Å²) in [5.41, 5.74) is -0.483. The van der Waals surface area contributed by atoms with Crippen molar-refractivity contribution in [3.05, 3.63) is 33.3 Å². The maximum Gasteiger partial charge on any atom is 0.289 e. The number of hydrogen-bond acceptors (Lipinski definition) is 6. The Morgan fingerprint density at radius 3 is 2.86 bits per heavy atom. The molecule has 1 atom stereocenters. The van der Waals surface area contributed by atoms with E-state index >= 15 is 0 Å². The zero-order valence-electron chi connectivity index (χ0n) is 10.6. The van der Waals surface area contributed by atoms with Crippen LogP contribution in [-0.4, -0.2) is 43.4 Å². The molecular formula is C11H10ClN3O5S. The number of nitrogens with zero attached hydrogens (tertiary/aromatic N) is 3. The first-order valence-corrected chi connectivity index (χ1v) is 7.63. The summed E-state index contributed by atoms with van der Waals surface area (Å²) in [4.78, 5) is 9.84. The second-order valence-corrected chi connectivity index (χ2v) is 6.57. The molecule has 1 aliphatic rings. The molecule has 112 valence electrons. The maximum atomic E-state index is 12.4. The topological polar surface area (TPSA) is 114 Å². The van der Waals surface area contributed by atoms with Gasteiger partial charge < -0.3 is 4.74 Å². The molecule has 1 heterocycles. The predicted octanol–water partition coefficient (Wildman–Crippen LogP) is 1.16. The van der Waals surface area contributed by atoms with E-state index in [1.54, 1.807) is 0 Å². The molecule has 0 aromatic heterocycles. The molecule has 1 unspecified atom stereocenters. The molecule has 1 fully saturated rings. The van der Waals surface area contributed by atoms with Gasteiger partial charge in [0.15, 0.2) is 6.10 Å². The number of sulfonamides is 1. The van der Waals surface area contributed by atoms with Crippen molar-refractivity contribution >= 4 is 27.3 Å². The summed E-state index contributed by atoms with van der Waals surface area (Å²) in [6.45, 7) is 0.0549. The van der Waals surface area contributed by atoms with Crippen LogP contribution in [0.25, 0.3) is 0 Å². The largest absolute Gasteiger partial charge is 0.361 e. The van der Waals surface area contributed by atoms with Crippen LogP contribution in [-0.2, 0) is 14.8 Å². The van der Waals surface area contributed by atoms with E-state index in [0.29, 0.717) is 0 Å². The van der Waals surface area contributed by atoms with Gasteiger partial charge in [0.25, 0.3) is 5.69 Å². The number of rotatable bonds is 3. The van der Waals surface area contributed by atoms with Crippen molar-refractivity contribution in [3.63, 3.8) is 0 Å². The van der Waals surface area contributed by atoms with Gasteiger partial charge in [-0.25, -0.2) is 8.42 Å². The van der Waals surface area contributed by atoms with Crippen LogP contribution in [0.1, 0.15) is 0 Å². The van der Waals surface area contributed by atoms with Crippen molar-refractivity contribution in [1.82, 2.24) is 4.31 Å². The van der Waals surface area contributed by atoms with Crippen LogP contribution in [0.15, 0.2) is 23.1 Å². The Morgan fingerprint density at radius 1 is 1.52 bits per heavy atom. The Morgan fingerprint density at radius 2 is 2.24 bits per heavy atom. The minimum atomic E-state index is -3.94. The summed E-state index contributed by atoms with van der Waals surface area (Å²) in [5, 5.41) is 19.5. The van der Waals surface area contributed by atoms with Crippen LogP contribution < -0.4 is 0 Å². The minimum Gasteiger partial charge on any atom is -0.361 e. The lowest BCUT2D eigenvalue weighted by Crippen LogP contribution is -2.45. The zero-order valence-corrected chi connectivity index (χ0v) is 12.2. The monoisotopic (exact) mass is 331 g/mol. The lowest BCUT2D eigenvalue weighted by atomic mass is 10.3. The van der Waals surface area contributed by atoms with Crippen LogP contribution in [0, 0.1) is 21.4 Å². The van der Waals surface area contributed by atoms with Crippen molar-refractivity contribution < 1.29 is 18.1 Å². The second-order valence-electron chi connectivity index (χ2n) is 4.22. The molecule has 10 heteroatoms. The molecule has 0 bridgehead atoms. The zero-order chi connectivity index (χ0) is 15.6. The molecule has 21 heavy (non-hydrogen) atoms. The number of benzene rings is 1. The third kappa shape index (κ3) is 3.14. The molecule has 1 aliphatic heterocycles. The summed E-state index contributed by atoms with van der Waals surface area (Å²) in [5.74, 6) is 0. The molecule has 1 aromatic rings. The van der Waals surface area contributed by atoms with Gasteiger partial charge in [-0.3, -0.25) is 10.1 Å². The molecular weight excluding hydrogens is 322 g/mol. The van der Waals surface area contributed by atoms with E-state index in [2.05, 4.69) is 0 Å². The lowest BCUT2D eigenvalue weighted by Gasteiger charge is -2.28. The summed E-state index contributed by atoms with van der Waals surface area (Å²) in [6.07, 6.45) is -0.851. The summed E-state index contributed by atoms with van der Waals surface area (Å²) < 4.78 is 31.0. The maximum absolute atomic E-state index is 12.4. The van der Waals surface area contributed by atoms with Gasteiger partial charge in [0.2, 0.25) is 10.0 Å². The van der Waals surface area contributed by atoms with Crippen molar-refractivity contribution in [3.8, 4) is 6.07 Å². The van der Waals surface area contributed by atoms with Gasteiger partial charge in [-0.1, -0.05) is 11.6 Å². The highest BCUT2D eigenvalue weighted by atomic mass is 35.5. The number of nitriles is 1. The first kappa shape index (κ1) is 15.7. The van der Waals surface area contributed by atoms with E-state index in [-0.39, 0.29) is 29.6 Å². The van der Waals surface area contributed by atoms with Crippen LogP contribution in [0.3, 0.4) is 0 Å². The Balaban J connectivity index is 2.38. The predicted molar refractivity (Wildman–Crippen MR) is 72.2 cm³/mol. The molecule has 1 saturated heterocycles. The number of halogens is 1. The first-order valence-electron chi connectivity index (χ1n) is 5.81. The van der Waals surface area contributed by atoms with Gasteiger partial charge in [0.05, 0.1) is 29.0 Å². The van der Waals surface area contributed by atoms with Crippen molar-refractivity contribution in [2.24, 2.45) is 0 Å². The summed E-state index contributed by atoms with van der Waals surface area (Å²) in [6, 6.07) is 5.11. The number of nitro groups is 1. The SMILES string of the molecule is N#CC1CN(S(=O)(=O)c2ccc(Cl)c([N+](=O)[O-])c2)CCO1. The number of morpholine rings is 1. The molecule has 2 rings (SSSR count). The van der Waals surface area contributed by atoms with Crippen LogP contribution in [0.4, 0.5) is 5.69 Å². The normalized spacial score (nSPS) is 19.9. The van der Waals surface area contributed by atoms with E-state index < -0.39 is 26.7 Å². The molecule has 0 aliphatic carbocycles. The van der Waals surface area contributed by atoms with Crippen LogP contribution >= 0.6 is 11.6 Å². The van der Waals surface area contributed by atoms with Gasteiger partial charge in [-0.15, -0.1) is 0 Å². The fraction of sp³-hybridized carbons (Fsp3) is 0.364. The Labute approximate surface area is 125 Å². The fourth-order valence-electron chi connectivity index (χ4n) is 1.86.